The van der Waals surface area contributed by atoms with Gasteiger partial charge in [0.25, 0.3) is 5.91 Å². The lowest BCUT2D eigenvalue weighted by Crippen LogP contribution is -2.44. The number of pyridine rings is 1. The molecule has 0 bridgehead atoms. The van der Waals surface area contributed by atoms with Crippen LogP contribution >= 0.6 is 0 Å². The lowest BCUT2D eigenvalue weighted by atomic mass is 9.79. The van der Waals surface area contributed by atoms with Crippen LogP contribution in [0.3, 0.4) is 0 Å². The maximum absolute atomic E-state index is 13.8. The number of nitrogens with zero attached hydrogens (tertiary/aromatic N) is 2. The standard InChI is InChI=1S/C26H27N3O5/c1-15-7-6-8-22(27-15)28-25(30)23-18-13-20(33-4)21(34-5)14-19(18)26(31)29(2)24(23)16-9-11-17(32-3)12-10-16/h6-14,23-24H,1-5H3,(H,27,28,30). The number of hydrogen-bond donors (Lipinski definition) is 1. The fourth-order valence-corrected chi connectivity index (χ4v) is 4.37. The Hall–Kier alpha value is -4.07. The topological polar surface area (TPSA) is 90.0 Å². The van der Waals surface area contributed by atoms with Gasteiger partial charge in [-0.15, -0.1) is 0 Å². The van der Waals surface area contributed by atoms with Gasteiger partial charge in [-0.3, -0.25) is 9.59 Å². The molecule has 176 valence electrons. The summed E-state index contributed by atoms with van der Waals surface area (Å²) < 4.78 is 16.2. The van der Waals surface area contributed by atoms with E-state index in [1.54, 1.807) is 37.3 Å². The maximum Gasteiger partial charge on any atom is 0.254 e. The van der Waals surface area contributed by atoms with Gasteiger partial charge in [0.15, 0.2) is 11.5 Å². The highest BCUT2D eigenvalue weighted by molar-refractivity contribution is 6.04. The summed E-state index contributed by atoms with van der Waals surface area (Å²) in [6, 6.07) is 15.6. The summed E-state index contributed by atoms with van der Waals surface area (Å²) in [6.07, 6.45) is 0. The SMILES string of the molecule is COc1ccc(C2C(C(=O)Nc3cccc(C)n3)c3cc(OC)c(OC)cc3C(=O)N2C)cc1. The van der Waals surface area contributed by atoms with Crippen molar-refractivity contribution in [3.63, 3.8) is 0 Å². The summed E-state index contributed by atoms with van der Waals surface area (Å²) in [4.78, 5) is 33.2. The highest BCUT2D eigenvalue weighted by atomic mass is 16.5. The molecule has 2 aromatic carbocycles. The fraction of sp³-hybridized carbons (Fsp3) is 0.269. The molecule has 0 aliphatic carbocycles. The van der Waals surface area contributed by atoms with E-state index in [0.717, 1.165) is 11.3 Å². The number of benzene rings is 2. The molecule has 0 saturated carbocycles. The Labute approximate surface area is 198 Å². The van der Waals surface area contributed by atoms with Crippen molar-refractivity contribution in [1.29, 1.82) is 0 Å². The van der Waals surface area contributed by atoms with Crippen LogP contribution in [0, 0.1) is 6.92 Å². The molecule has 4 rings (SSSR count). The van der Waals surface area contributed by atoms with Gasteiger partial charge in [-0.25, -0.2) is 4.98 Å². The van der Waals surface area contributed by atoms with Crippen molar-refractivity contribution in [2.75, 3.05) is 33.7 Å². The monoisotopic (exact) mass is 461 g/mol. The Morgan fingerprint density at radius 2 is 1.65 bits per heavy atom. The number of aryl methyl sites for hydroxylation is 1. The third-order valence-corrected chi connectivity index (χ3v) is 6.05. The van der Waals surface area contributed by atoms with E-state index >= 15 is 0 Å². The van der Waals surface area contributed by atoms with Gasteiger partial charge < -0.3 is 24.4 Å². The molecule has 0 fully saturated rings. The molecule has 1 aliphatic rings. The first-order chi connectivity index (χ1) is 16.4. The average Bonchev–Trinajstić information content (AvgIpc) is 2.85. The Kier molecular flexibility index (Phi) is 6.40. The number of carbonyl (C=O) groups is 2. The van der Waals surface area contributed by atoms with Gasteiger partial charge in [-0.1, -0.05) is 18.2 Å². The highest BCUT2D eigenvalue weighted by Crippen LogP contribution is 2.46. The van der Waals surface area contributed by atoms with Gasteiger partial charge in [0.2, 0.25) is 5.91 Å². The van der Waals surface area contributed by atoms with Crippen LogP contribution < -0.4 is 19.5 Å². The molecule has 2 atom stereocenters. The Morgan fingerprint density at radius 1 is 0.971 bits per heavy atom. The van der Waals surface area contributed by atoms with E-state index in [9.17, 15) is 9.59 Å². The molecule has 1 aliphatic heterocycles. The Balaban J connectivity index is 1.87. The molecule has 34 heavy (non-hydrogen) atoms. The minimum Gasteiger partial charge on any atom is -0.497 e. The van der Waals surface area contributed by atoms with E-state index in [-0.39, 0.29) is 11.8 Å². The number of nitrogens with one attached hydrogen (secondary N) is 1. The number of aromatic nitrogens is 1. The molecule has 2 unspecified atom stereocenters. The van der Waals surface area contributed by atoms with Gasteiger partial charge in [0.05, 0.1) is 33.3 Å². The van der Waals surface area contributed by atoms with Crippen LogP contribution in [0.15, 0.2) is 54.6 Å². The lowest BCUT2D eigenvalue weighted by molar-refractivity contribution is -0.119. The number of carbonyl (C=O) groups excluding carboxylic acids is 2. The van der Waals surface area contributed by atoms with Crippen LogP contribution in [-0.4, -0.2) is 50.1 Å². The first-order valence-corrected chi connectivity index (χ1v) is 10.8. The smallest absolute Gasteiger partial charge is 0.254 e. The van der Waals surface area contributed by atoms with Crippen molar-refractivity contribution < 1.29 is 23.8 Å². The molecule has 2 amide bonds. The number of likely N-dealkylation sites (N-methyl/N-ethyl adjacent to an activating group) is 1. The average molecular weight is 462 g/mol. The minimum absolute atomic E-state index is 0.213. The molecular formula is C26H27N3O5. The molecule has 8 nitrogen and oxygen atoms in total. The van der Waals surface area contributed by atoms with Crippen LogP contribution in [0.4, 0.5) is 5.82 Å². The number of amides is 2. The van der Waals surface area contributed by atoms with E-state index in [4.69, 9.17) is 14.2 Å². The molecule has 8 heteroatoms. The summed E-state index contributed by atoms with van der Waals surface area (Å²) in [6.45, 7) is 1.86. The largest absolute Gasteiger partial charge is 0.497 e. The van der Waals surface area contributed by atoms with Gasteiger partial charge in [0, 0.05) is 18.3 Å². The van der Waals surface area contributed by atoms with E-state index < -0.39 is 12.0 Å². The van der Waals surface area contributed by atoms with E-state index in [0.29, 0.717) is 34.2 Å². The van der Waals surface area contributed by atoms with Crippen LogP contribution in [0.25, 0.3) is 0 Å². The van der Waals surface area contributed by atoms with Crippen molar-refractivity contribution >= 4 is 17.6 Å². The molecule has 0 radical (unpaired) electrons. The minimum atomic E-state index is -0.729. The number of hydrogen-bond acceptors (Lipinski definition) is 6. The van der Waals surface area contributed by atoms with E-state index in [1.165, 1.54) is 14.2 Å². The third kappa shape index (κ3) is 4.14. The fourth-order valence-electron chi connectivity index (χ4n) is 4.37. The zero-order chi connectivity index (χ0) is 24.4. The summed E-state index contributed by atoms with van der Waals surface area (Å²) in [7, 11) is 6.32. The highest BCUT2D eigenvalue weighted by Gasteiger charge is 2.43. The van der Waals surface area contributed by atoms with Gasteiger partial charge in [-0.2, -0.15) is 0 Å². The number of fused-ring (bicyclic) bond motifs is 1. The quantitative estimate of drug-likeness (QED) is 0.598. The van der Waals surface area contributed by atoms with Gasteiger partial charge >= 0.3 is 0 Å². The summed E-state index contributed by atoms with van der Waals surface area (Å²) in [5, 5.41) is 2.93. The van der Waals surface area contributed by atoms with Crippen LogP contribution in [-0.2, 0) is 4.79 Å². The number of methoxy groups -OCH3 is 3. The lowest BCUT2D eigenvalue weighted by Gasteiger charge is -2.40. The second-order valence-electron chi connectivity index (χ2n) is 8.06. The van der Waals surface area contributed by atoms with Crippen LogP contribution in [0.5, 0.6) is 17.2 Å². The molecule has 0 saturated heterocycles. The third-order valence-electron chi connectivity index (χ3n) is 6.05. The molecular weight excluding hydrogens is 434 g/mol. The van der Waals surface area contributed by atoms with Crippen molar-refractivity contribution in [2.24, 2.45) is 0 Å². The van der Waals surface area contributed by atoms with Crippen LogP contribution in [0.1, 0.15) is 39.1 Å². The first-order valence-electron chi connectivity index (χ1n) is 10.8. The van der Waals surface area contributed by atoms with E-state index in [1.807, 2.05) is 43.3 Å². The summed E-state index contributed by atoms with van der Waals surface area (Å²) in [5.74, 6) is 0.767. The van der Waals surface area contributed by atoms with Crippen molar-refractivity contribution in [1.82, 2.24) is 9.88 Å². The van der Waals surface area contributed by atoms with Crippen molar-refractivity contribution in [2.45, 2.75) is 18.9 Å². The zero-order valence-electron chi connectivity index (χ0n) is 19.8. The second kappa shape index (κ2) is 9.43. The summed E-state index contributed by atoms with van der Waals surface area (Å²) >= 11 is 0. The molecule has 2 heterocycles. The zero-order valence-corrected chi connectivity index (χ0v) is 19.8. The van der Waals surface area contributed by atoms with Crippen LogP contribution in [0.2, 0.25) is 0 Å². The van der Waals surface area contributed by atoms with Gasteiger partial charge in [-0.05, 0) is 54.4 Å². The molecule has 1 aromatic heterocycles. The number of ether oxygens (including phenoxy) is 3. The molecule has 0 spiro atoms. The van der Waals surface area contributed by atoms with E-state index in [2.05, 4.69) is 10.3 Å². The molecule has 3 aromatic rings. The second-order valence-corrected chi connectivity index (χ2v) is 8.06. The predicted octanol–water partition coefficient (Wildman–Crippen LogP) is 3.97. The van der Waals surface area contributed by atoms with Crippen molar-refractivity contribution in [3.05, 3.63) is 77.0 Å². The van der Waals surface area contributed by atoms with Crippen molar-refractivity contribution in [3.8, 4) is 17.2 Å². The maximum atomic E-state index is 13.8. The molecule has 1 N–H and O–H groups in total. The normalized spacial score (nSPS) is 17.1. The summed E-state index contributed by atoms with van der Waals surface area (Å²) in [5.41, 5.74) is 2.54. The van der Waals surface area contributed by atoms with Gasteiger partial charge in [0.1, 0.15) is 11.6 Å². The number of rotatable bonds is 6. The Bertz CT molecular complexity index is 1230. The number of anilines is 1. The predicted molar refractivity (Wildman–Crippen MR) is 128 cm³/mol. The first kappa shape index (κ1) is 23.1. The Morgan fingerprint density at radius 3 is 2.26 bits per heavy atom.